The first-order chi connectivity index (χ1) is 12.6. The molecule has 2 aliphatic heterocycles. The lowest BCUT2D eigenvalue weighted by Crippen LogP contribution is -2.47. The SMILES string of the molecule is CCC1(CC)C[C@@H](CCN2CCN(c3ccccc3OC)CC2)OC1=O. The number of nitrogens with zero attached hydrogens (tertiary/aromatic N) is 2. The molecule has 1 atom stereocenters. The number of benzene rings is 1. The molecule has 0 bridgehead atoms. The molecule has 0 amide bonds. The zero-order valence-corrected chi connectivity index (χ0v) is 16.4. The maximum atomic E-state index is 12.2. The molecule has 2 fully saturated rings. The van der Waals surface area contributed by atoms with E-state index in [4.69, 9.17) is 9.47 Å². The maximum absolute atomic E-state index is 12.2. The molecule has 1 aromatic carbocycles. The fourth-order valence-corrected chi connectivity index (χ4v) is 4.26. The van der Waals surface area contributed by atoms with E-state index in [0.717, 1.165) is 64.2 Å². The van der Waals surface area contributed by atoms with Gasteiger partial charge in [-0.05, 0) is 31.4 Å². The first-order valence-electron chi connectivity index (χ1n) is 9.93. The summed E-state index contributed by atoms with van der Waals surface area (Å²) in [4.78, 5) is 17.1. The van der Waals surface area contributed by atoms with Crippen molar-refractivity contribution >= 4 is 11.7 Å². The van der Waals surface area contributed by atoms with Crippen LogP contribution in [0.1, 0.15) is 39.5 Å². The van der Waals surface area contributed by atoms with Gasteiger partial charge < -0.3 is 14.4 Å². The van der Waals surface area contributed by atoms with E-state index >= 15 is 0 Å². The Labute approximate surface area is 157 Å². The summed E-state index contributed by atoms with van der Waals surface area (Å²) >= 11 is 0. The van der Waals surface area contributed by atoms with Gasteiger partial charge in [-0.25, -0.2) is 0 Å². The van der Waals surface area contributed by atoms with Gasteiger partial charge >= 0.3 is 5.97 Å². The van der Waals surface area contributed by atoms with Gasteiger partial charge in [0.05, 0.1) is 18.2 Å². The molecule has 0 saturated carbocycles. The number of piperazine rings is 1. The Morgan fingerprint density at radius 3 is 2.46 bits per heavy atom. The zero-order valence-electron chi connectivity index (χ0n) is 16.4. The Kier molecular flexibility index (Phi) is 6.07. The molecular formula is C21H32N2O3. The van der Waals surface area contributed by atoms with Crippen molar-refractivity contribution in [2.45, 2.75) is 45.6 Å². The van der Waals surface area contributed by atoms with Gasteiger partial charge in [0.15, 0.2) is 0 Å². The summed E-state index contributed by atoms with van der Waals surface area (Å²) in [5.74, 6) is 0.961. The van der Waals surface area contributed by atoms with Crippen LogP contribution in [0.4, 0.5) is 5.69 Å². The Balaban J connectivity index is 1.47. The number of carbonyl (C=O) groups is 1. The van der Waals surface area contributed by atoms with Crippen LogP contribution in [0.25, 0.3) is 0 Å². The Morgan fingerprint density at radius 1 is 1.15 bits per heavy atom. The number of ether oxygens (including phenoxy) is 2. The van der Waals surface area contributed by atoms with Gasteiger partial charge in [0.2, 0.25) is 0 Å². The van der Waals surface area contributed by atoms with E-state index < -0.39 is 0 Å². The van der Waals surface area contributed by atoms with E-state index in [-0.39, 0.29) is 17.5 Å². The number of para-hydroxylation sites is 2. The van der Waals surface area contributed by atoms with E-state index in [2.05, 4.69) is 35.8 Å². The molecule has 0 aromatic heterocycles. The molecule has 0 aliphatic carbocycles. The molecule has 26 heavy (non-hydrogen) atoms. The first-order valence-corrected chi connectivity index (χ1v) is 9.93. The van der Waals surface area contributed by atoms with Crippen LogP contribution >= 0.6 is 0 Å². The largest absolute Gasteiger partial charge is 0.495 e. The number of rotatable bonds is 7. The van der Waals surface area contributed by atoms with E-state index in [9.17, 15) is 4.79 Å². The number of anilines is 1. The Hall–Kier alpha value is -1.75. The predicted molar refractivity (Wildman–Crippen MR) is 104 cm³/mol. The van der Waals surface area contributed by atoms with Gasteiger partial charge in [-0.1, -0.05) is 26.0 Å². The van der Waals surface area contributed by atoms with Crippen molar-refractivity contribution in [3.8, 4) is 5.75 Å². The molecule has 2 saturated heterocycles. The monoisotopic (exact) mass is 360 g/mol. The predicted octanol–water partition coefficient (Wildman–Crippen LogP) is 3.33. The van der Waals surface area contributed by atoms with Crippen LogP contribution in [0.2, 0.25) is 0 Å². The second kappa shape index (κ2) is 8.30. The topological polar surface area (TPSA) is 42.0 Å². The van der Waals surface area contributed by atoms with Crippen molar-refractivity contribution < 1.29 is 14.3 Å². The third kappa shape index (κ3) is 3.83. The minimum Gasteiger partial charge on any atom is -0.495 e. The quantitative estimate of drug-likeness (QED) is 0.698. The minimum atomic E-state index is -0.229. The molecular weight excluding hydrogens is 328 g/mol. The van der Waals surface area contributed by atoms with Crippen LogP contribution in [0.15, 0.2) is 24.3 Å². The molecule has 5 heteroatoms. The number of carbonyl (C=O) groups excluding carboxylic acids is 1. The molecule has 0 N–H and O–H groups in total. The summed E-state index contributed by atoms with van der Waals surface area (Å²) in [5, 5.41) is 0. The highest BCUT2D eigenvalue weighted by atomic mass is 16.6. The lowest BCUT2D eigenvalue weighted by Gasteiger charge is -2.36. The van der Waals surface area contributed by atoms with E-state index in [1.54, 1.807) is 7.11 Å². The number of methoxy groups -OCH3 is 1. The van der Waals surface area contributed by atoms with Crippen molar-refractivity contribution in [3.63, 3.8) is 0 Å². The number of cyclic esters (lactones) is 1. The van der Waals surface area contributed by atoms with Crippen molar-refractivity contribution in [2.24, 2.45) is 5.41 Å². The summed E-state index contributed by atoms with van der Waals surface area (Å²) in [6.07, 6.45) is 3.70. The maximum Gasteiger partial charge on any atom is 0.312 e. The Morgan fingerprint density at radius 2 is 1.85 bits per heavy atom. The highest BCUT2D eigenvalue weighted by molar-refractivity contribution is 5.78. The summed E-state index contributed by atoms with van der Waals surface area (Å²) < 4.78 is 11.2. The third-order valence-corrected chi connectivity index (χ3v) is 6.24. The smallest absolute Gasteiger partial charge is 0.312 e. The van der Waals surface area contributed by atoms with Crippen molar-refractivity contribution in [3.05, 3.63) is 24.3 Å². The van der Waals surface area contributed by atoms with Crippen molar-refractivity contribution in [2.75, 3.05) is 44.7 Å². The van der Waals surface area contributed by atoms with E-state index in [0.29, 0.717) is 0 Å². The molecule has 0 unspecified atom stereocenters. The van der Waals surface area contributed by atoms with E-state index in [1.807, 2.05) is 12.1 Å². The molecule has 144 valence electrons. The van der Waals surface area contributed by atoms with Crippen LogP contribution in [-0.2, 0) is 9.53 Å². The minimum absolute atomic E-state index is 0.0218. The van der Waals surface area contributed by atoms with Crippen LogP contribution < -0.4 is 9.64 Å². The van der Waals surface area contributed by atoms with Crippen molar-refractivity contribution in [1.29, 1.82) is 0 Å². The van der Waals surface area contributed by atoms with Gasteiger partial charge in [-0.2, -0.15) is 0 Å². The normalized spacial score (nSPS) is 23.1. The highest BCUT2D eigenvalue weighted by Crippen LogP contribution is 2.41. The van der Waals surface area contributed by atoms with Gasteiger partial charge in [0, 0.05) is 39.1 Å². The number of hydrogen-bond donors (Lipinski definition) is 0. The van der Waals surface area contributed by atoms with Crippen LogP contribution in [0, 0.1) is 5.41 Å². The van der Waals surface area contributed by atoms with Gasteiger partial charge in [0.1, 0.15) is 11.9 Å². The first kappa shape index (κ1) is 19.0. The van der Waals surface area contributed by atoms with Gasteiger partial charge in [-0.15, -0.1) is 0 Å². The molecule has 1 aromatic rings. The fraction of sp³-hybridized carbons (Fsp3) is 0.667. The number of hydrogen-bond acceptors (Lipinski definition) is 5. The third-order valence-electron chi connectivity index (χ3n) is 6.24. The van der Waals surface area contributed by atoms with Gasteiger partial charge in [-0.3, -0.25) is 9.69 Å². The van der Waals surface area contributed by atoms with E-state index in [1.165, 1.54) is 5.69 Å². The second-order valence-electron chi connectivity index (χ2n) is 7.51. The summed E-state index contributed by atoms with van der Waals surface area (Å²) in [5.41, 5.74) is 0.947. The molecule has 5 nitrogen and oxygen atoms in total. The molecule has 0 spiro atoms. The van der Waals surface area contributed by atoms with Crippen LogP contribution in [-0.4, -0.2) is 56.8 Å². The van der Waals surface area contributed by atoms with Crippen molar-refractivity contribution in [1.82, 2.24) is 4.90 Å². The molecule has 2 heterocycles. The number of esters is 1. The van der Waals surface area contributed by atoms with Crippen LogP contribution in [0.5, 0.6) is 5.75 Å². The molecule has 0 radical (unpaired) electrons. The standard InChI is InChI=1S/C21H32N2O3/c1-4-21(5-2)16-17(26-20(21)24)10-11-22-12-14-23(15-13-22)18-8-6-7-9-19(18)25-3/h6-9,17H,4-5,10-16H2,1-3H3/t17-/m1/s1. The lowest BCUT2D eigenvalue weighted by atomic mass is 9.79. The summed E-state index contributed by atoms with van der Waals surface area (Å²) in [6, 6.07) is 8.21. The molecule has 2 aliphatic rings. The molecule has 3 rings (SSSR count). The fourth-order valence-electron chi connectivity index (χ4n) is 4.26. The average Bonchev–Trinajstić information content (AvgIpc) is 3.02. The highest BCUT2D eigenvalue weighted by Gasteiger charge is 2.46. The summed E-state index contributed by atoms with van der Waals surface area (Å²) in [6.45, 7) is 9.27. The Bertz CT molecular complexity index is 607. The zero-order chi connectivity index (χ0) is 18.6. The summed E-state index contributed by atoms with van der Waals surface area (Å²) in [7, 11) is 1.73. The average molecular weight is 360 g/mol. The van der Waals surface area contributed by atoms with Gasteiger partial charge in [0.25, 0.3) is 0 Å². The van der Waals surface area contributed by atoms with Crippen LogP contribution in [0.3, 0.4) is 0 Å². The second-order valence-corrected chi connectivity index (χ2v) is 7.51. The lowest BCUT2D eigenvalue weighted by molar-refractivity contribution is -0.149.